The molecule has 17 heavy (non-hydrogen) atoms. The summed E-state index contributed by atoms with van der Waals surface area (Å²) in [4.78, 5) is 14.2. The second-order valence-electron chi connectivity index (χ2n) is 4.35. The summed E-state index contributed by atoms with van der Waals surface area (Å²) < 4.78 is 0.949. The molecule has 0 fully saturated rings. The van der Waals surface area contributed by atoms with Crippen molar-refractivity contribution in [3.8, 4) is 0 Å². The molecule has 0 N–H and O–H groups in total. The van der Waals surface area contributed by atoms with Gasteiger partial charge in [-0.25, -0.2) is 0 Å². The Labute approximate surface area is 112 Å². The van der Waals surface area contributed by atoms with Crippen LogP contribution in [0.15, 0.2) is 22.7 Å². The fourth-order valence-corrected chi connectivity index (χ4v) is 2.38. The Hall–Kier alpha value is -0.830. The lowest BCUT2D eigenvalue weighted by atomic mass is 10.1. The van der Waals surface area contributed by atoms with Gasteiger partial charge in [-0.1, -0.05) is 35.8 Å². The molecule has 1 rings (SSSR count). The number of carbonyl (C=O) groups excluding carboxylic acids is 1. The predicted molar refractivity (Wildman–Crippen MR) is 75.3 cm³/mol. The minimum atomic E-state index is 0.109. The number of amides is 1. The molecule has 0 spiro atoms. The smallest absolute Gasteiger partial charge is 0.254 e. The van der Waals surface area contributed by atoms with Crippen LogP contribution in [0.5, 0.6) is 0 Å². The van der Waals surface area contributed by atoms with Crippen molar-refractivity contribution in [1.82, 2.24) is 4.90 Å². The van der Waals surface area contributed by atoms with Crippen LogP contribution in [0.2, 0.25) is 0 Å². The van der Waals surface area contributed by atoms with E-state index in [-0.39, 0.29) is 5.91 Å². The zero-order valence-electron chi connectivity index (χ0n) is 11.0. The van der Waals surface area contributed by atoms with Crippen molar-refractivity contribution >= 4 is 21.8 Å². The van der Waals surface area contributed by atoms with Gasteiger partial charge < -0.3 is 4.90 Å². The molecule has 0 bridgehead atoms. The molecular weight excluding hydrogens is 278 g/mol. The van der Waals surface area contributed by atoms with Crippen LogP contribution < -0.4 is 0 Å². The average Bonchev–Trinajstić information content (AvgIpc) is 2.32. The number of nitrogens with zero attached hydrogens (tertiary/aromatic N) is 1. The first-order chi connectivity index (χ1) is 8.01. The van der Waals surface area contributed by atoms with Crippen molar-refractivity contribution in [2.45, 2.75) is 39.7 Å². The maximum atomic E-state index is 12.4. The van der Waals surface area contributed by atoms with Gasteiger partial charge in [-0.3, -0.25) is 4.79 Å². The molecule has 3 heteroatoms. The number of aryl methyl sites for hydroxylation is 1. The lowest BCUT2D eigenvalue weighted by Crippen LogP contribution is -2.36. The standard InChI is InChI=1S/C14H20BrNO/c1-5-12(6-2)16(4)14(17)13-9-11(15)8-7-10(13)3/h7-9,12H,5-6H2,1-4H3. The third-order valence-electron chi connectivity index (χ3n) is 3.24. The van der Waals surface area contributed by atoms with E-state index in [0.717, 1.165) is 28.4 Å². The topological polar surface area (TPSA) is 20.3 Å². The molecule has 0 aliphatic heterocycles. The van der Waals surface area contributed by atoms with Gasteiger partial charge >= 0.3 is 0 Å². The monoisotopic (exact) mass is 297 g/mol. The summed E-state index contributed by atoms with van der Waals surface area (Å²) in [6.45, 7) is 6.21. The fraction of sp³-hybridized carbons (Fsp3) is 0.500. The Kier molecular flexibility index (Phi) is 5.19. The van der Waals surface area contributed by atoms with Crippen molar-refractivity contribution in [3.63, 3.8) is 0 Å². The number of carbonyl (C=O) groups is 1. The fourth-order valence-electron chi connectivity index (χ4n) is 2.02. The van der Waals surface area contributed by atoms with E-state index in [9.17, 15) is 4.79 Å². The van der Waals surface area contributed by atoms with E-state index in [1.54, 1.807) is 0 Å². The summed E-state index contributed by atoms with van der Waals surface area (Å²) >= 11 is 3.41. The van der Waals surface area contributed by atoms with Gasteiger partial charge in [0.15, 0.2) is 0 Å². The number of rotatable bonds is 4. The van der Waals surface area contributed by atoms with Crippen LogP contribution in [0.1, 0.15) is 42.6 Å². The third kappa shape index (κ3) is 3.32. The lowest BCUT2D eigenvalue weighted by Gasteiger charge is -2.27. The van der Waals surface area contributed by atoms with Crippen molar-refractivity contribution in [2.24, 2.45) is 0 Å². The Bertz CT molecular complexity index is 399. The van der Waals surface area contributed by atoms with Gasteiger partial charge in [-0.05, 0) is 37.5 Å². The Morgan fingerprint density at radius 3 is 2.47 bits per heavy atom. The zero-order valence-corrected chi connectivity index (χ0v) is 12.5. The highest BCUT2D eigenvalue weighted by Crippen LogP contribution is 2.19. The molecule has 0 aromatic heterocycles. The average molecular weight is 298 g/mol. The summed E-state index contributed by atoms with van der Waals surface area (Å²) in [5, 5.41) is 0. The van der Waals surface area contributed by atoms with Crippen molar-refractivity contribution < 1.29 is 4.79 Å². The van der Waals surface area contributed by atoms with Gasteiger partial charge in [-0.15, -0.1) is 0 Å². The van der Waals surface area contributed by atoms with E-state index in [0.29, 0.717) is 6.04 Å². The van der Waals surface area contributed by atoms with Crippen LogP contribution in [0.25, 0.3) is 0 Å². The first-order valence-electron chi connectivity index (χ1n) is 6.04. The molecule has 0 radical (unpaired) electrons. The molecule has 0 aliphatic rings. The summed E-state index contributed by atoms with van der Waals surface area (Å²) in [6, 6.07) is 6.15. The molecule has 94 valence electrons. The van der Waals surface area contributed by atoms with Crippen LogP contribution in [-0.4, -0.2) is 23.9 Å². The molecule has 1 aromatic carbocycles. The third-order valence-corrected chi connectivity index (χ3v) is 3.73. The van der Waals surface area contributed by atoms with E-state index in [1.807, 2.05) is 37.1 Å². The Morgan fingerprint density at radius 1 is 1.35 bits per heavy atom. The maximum absolute atomic E-state index is 12.4. The van der Waals surface area contributed by atoms with Gasteiger partial charge in [0, 0.05) is 23.1 Å². The number of hydrogen-bond donors (Lipinski definition) is 0. The van der Waals surface area contributed by atoms with Crippen LogP contribution in [0.4, 0.5) is 0 Å². The molecule has 0 atom stereocenters. The quantitative estimate of drug-likeness (QED) is 0.822. The minimum absolute atomic E-state index is 0.109. The normalized spacial score (nSPS) is 10.7. The Morgan fingerprint density at radius 2 is 1.94 bits per heavy atom. The first-order valence-corrected chi connectivity index (χ1v) is 6.83. The van der Waals surface area contributed by atoms with Gasteiger partial charge in [0.2, 0.25) is 0 Å². The second kappa shape index (κ2) is 6.20. The van der Waals surface area contributed by atoms with Crippen LogP contribution >= 0.6 is 15.9 Å². The molecule has 0 saturated carbocycles. The Balaban J connectivity index is 2.99. The second-order valence-corrected chi connectivity index (χ2v) is 5.26. The number of halogens is 1. The lowest BCUT2D eigenvalue weighted by molar-refractivity contribution is 0.0723. The molecule has 2 nitrogen and oxygen atoms in total. The minimum Gasteiger partial charge on any atom is -0.339 e. The van der Waals surface area contributed by atoms with E-state index < -0.39 is 0 Å². The SMILES string of the molecule is CCC(CC)N(C)C(=O)c1cc(Br)ccc1C. The van der Waals surface area contributed by atoms with Crippen molar-refractivity contribution in [2.75, 3.05) is 7.05 Å². The van der Waals surface area contributed by atoms with Crippen molar-refractivity contribution in [1.29, 1.82) is 0 Å². The van der Waals surface area contributed by atoms with E-state index in [2.05, 4.69) is 29.8 Å². The summed E-state index contributed by atoms with van der Waals surface area (Å²) in [7, 11) is 1.89. The molecule has 0 saturated heterocycles. The number of benzene rings is 1. The summed E-state index contributed by atoms with van der Waals surface area (Å²) in [5.41, 5.74) is 1.81. The molecule has 0 heterocycles. The van der Waals surface area contributed by atoms with Gasteiger partial charge in [0.05, 0.1) is 0 Å². The predicted octanol–water partition coefficient (Wildman–Crippen LogP) is 4.02. The summed E-state index contributed by atoms with van der Waals surface area (Å²) in [5.74, 6) is 0.109. The van der Waals surface area contributed by atoms with E-state index in [4.69, 9.17) is 0 Å². The highest BCUT2D eigenvalue weighted by Gasteiger charge is 2.19. The first kappa shape index (κ1) is 14.2. The van der Waals surface area contributed by atoms with Gasteiger partial charge in [0.25, 0.3) is 5.91 Å². The molecular formula is C14H20BrNO. The largest absolute Gasteiger partial charge is 0.339 e. The molecule has 1 aromatic rings. The van der Waals surface area contributed by atoms with E-state index >= 15 is 0 Å². The zero-order chi connectivity index (χ0) is 13.0. The highest BCUT2D eigenvalue weighted by atomic mass is 79.9. The van der Waals surface area contributed by atoms with Crippen molar-refractivity contribution in [3.05, 3.63) is 33.8 Å². The van der Waals surface area contributed by atoms with Gasteiger partial charge in [-0.2, -0.15) is 0 Å². The highest BCUT2D eigenvalue weighted by molar-refractivity contribution is 9.10. The van der Waals surface area contributed by atoms with Crippen LogP contribution in [0.3, 0.4) is 0 Å². The van der Waals surface area contributed by atoms with E-state index in [1.165, 1.54) is 0 Å². The summed E-state index contributed by atoms with van der Waals surface area (Å²) in [6.07, 6.45) is 1.98. The van der Waals surface area contributed by atoms with Crippen LogP contribution in [-0.2, 0) is 0 Å². The molecule has 1 amide bonds. The molecule has 0 aliphatic carbocycles. The molecule has 0 unspecified atom stereocenters. The van der Waals surface area contributed by atoms with Gasteiger partial charge in [0.1, 0.15) is 0 Å². The number of hydrogen-bond acceptors (Lipinski definition) is 1. The van der Waals surface area contributed by atoms with Crippen LogP contribution in [0, 0.1) is 6.92 Å². The maximum Gasteiger partial charge on any atom is 0.254 e.